The summed E-state index contributed by atoms with van der Waals surface area (Å²) in [5, 5.41) is 19.8. The molecule has 1 aromatic carbocycles. The van der Waals surface area contributed by atoms with Crippen LogP contribution in [0.3, 0.4) is 0 Å². The maximum atomic E-state index is 11.8. The van der Waals surface area contributed by atoms with Crippen LogP contribution in [0.2, 0.25) is 0 Å². The second kappa shape index (κ2) is 5.31. The number of carbonyl (C=O) groups is 1. The molecule has 94 valence electrons. The van der Waals surface area contributed by atoms with E-state index < -0.39 is 0 Å². The molecule has 0 aliphatic heterocycles. The summed E-state index contributed by atoms with van der Waals surface area (Å²) in [7, 11) is 0. The first kappa shape index (κ1) is 12.1. The molecule has 0 atom stereocenters. The molecule has 1 heterocycles. The van der Waals surface area contributed by atoms with Gasteiger partial charge in [0.25, 0.3) is 5.91 Å². The highest BCUT2D eigenvalue weighted by Crippen LogP contribution is 2.17. The van der Waals surface area contributed by atoms with Crippen molar-refractivity contribution in [2.75, 3.05) is 6.54 Å². The maximum absolute atomic E-state index is 11.8. The third kappa shape index (κ3) is 2.85. The van der Waals surface area contributed by atoms with Gasteiger partial charge >= 0.3 is 0 Å². The largest absolute Gasteiger partial charge is 0.507 e. The Kier molecular flexibility index (Phi) is 3.57. The van der Waals surface area contributed by atoms with E-state index in [0.29, 0.717) is 13.1 Å². The number of hydrogen-bond donors (Lipinski definition) is 2. The predicted molar refractivity (Wildman–Crippen MR) is 65.2 cm³/mol. The molecule has 0 aliphatic rings. The molecule has 0 saturated carbocycles. The van der Waals surface area contributed by atoms with Gasteiger partial charge < -0.3 is 10.4 Å². The Labute approximate surface area is 104 Å². The minimum absolute atomic E-state index is 0.0149. The van der Waals surface area contributed by atoms with Gasteiger partial charge in [0.1, 0.15) is 5.75 Å². The second-order valence-corrected chi connectivity index (χ2v) is 3.94. The summed E-state index contributed by atoms with van der Waals surface area (Å²) in [6.07, 6.45) is 3.30. The van der Waals surface area contributed by atoms with E-state index in [1.54, 1.807) is 29.2 Å². The van der Waals surface area contributed by atoms with Crippen LogP contribution in [0.15, 0.2) is 30.6 Å². The fourth-order valence-electron chi connectivity index (χ4n) is 1.56. The third-order valence-electron chi connectivity index (χ3n) is 2.50. The van der Waals surface area contributed by atoms with E-state index in [2.05, 4.69) is 15.6 Å². The number of nitrogens with one attached hydrogen (secondary N) is 1. The van der Waals surface area contributed by atoms with Gasteiger partial charge in [-0.2, -0.15) is 0 Å². The smallest absolute Gasteiger partial charge is 0.255 e. The van der Waals surface area contributed by atoms with Crippen molar-refractivity contribution in [2.24, 2.45) is 0 Å². The van der Waals surface area contributed by atoms with Crippen LogP contribution in [0.1, 0.15) is 15.9 Å². The average molecular weight is 246 g/mol. The molecule has 18 heavy (non-hydrogen) atoms. The van der Waals surface area contributed by atoms with Crippen LogP contribution >= 0.6 is 0 Å². The first-order chi connectivity index (χ1) is 8.66. The molecule has 0 bridgehead atoms. The maximum Gasteiger partial charge on any atom is 0.255 e. The van der Waals surface area contributed by atoms with Gasteiger partial charge in [-0.3, -0.25) is 9.48 Å². The molecule has 0 aliphatic carbocycles. The third-order valence-corrected chi connectivity index (χ3v) is 2.50. The molecular weight excluding hydrogens is 232 g/mol. The normalized spacial score (nSPS) is 10.3. The Morgan fingerprint density at radius 1 is 1.50 bits per heavy atom. The minimum Gasteiger partial charge on any atom is -0.507 e. The molecule has 6 heteroatoms. The molecule has 0 spiro atoms. The van der Waals surface area contributed by atoms with Crippen molar-refractivity contribution >= 4 is 5.91 Å². The van der Waals surface area contributed by atoms with Gasteiger partial charge in [-0.05, 0) is 19.1 Å². The number of amides is 1. The summed E-state index contributed by atoms with van der Waals surface area (Å²) < 4.78 is 1.62. The first-order valence-corrected chi connectivity index (χ1v) is 5.59. The van der Waals surface area contributed by atoms with Gasteiger partial charge in [-0.15, -0.1) is 5.10 Å². The fraction of sp³-hybridized carbons (Fsp3) is 0.250. The highest BCUT2D eigenvalue weighted by Gasteiger charge is 2.10. The topological polar surface area (TPSA) is 80.0 Å². The van der Waals surface area contributed by atoms with E-state index in [1.807, 2.05) is 6.92 Å². The summed E-state index contributed by atoms with van der Waals surface area (Å²) in [6, 6.07) is 4.92. The Hall–Kier alpha value is -2.37. The molecule has 1 amide bonds. The zero-order valence-electron chi connectivity index (χ0n) is 10.00. The lowest BCUT2D eigenvalue weighted by Crippen LogP contribution is -2.27. The van der Waals surface area contributed by atoms with Crippen LogP contribution in [0, 0.1) is 6.92 Å². The van der Waals surface area contributed by atoms with Crippen molar-refractivity contribution in [1.82, 2.24) is 20.3 Å². The molecule has 0 saturated heterocycles. The number of phenolic OH excluding ortho intramolecular Hbond substituents is 1. The highest BCUT2D eigenvalue weighted by molar-refractivity contribution is 5.96. The molecule has 2 N–H and O–H groups in total. The zero-order valence-corrected chi connectivity index (χ0v) is 10.00. The lowest BCUT2D eigenvalue weighted by atomic mass is 10.1. The average Bonchev–Trinajstić information content (AvgIpc) is 2.85. The SMILES string of the molecule is Cc1ccc(O)c(C(=O)NCCn2ccnn2)c1. The summed E-state index contributed by atoms with van der Waals surface area (Å²) in [5.41, 5.74) is 1.21. The van der Waals surface area contributed by atoms with Crippen molar-refractivity contribution in [3.8, 4) is 5.75 Å². The molecular formula is C12H14N4O2. The van der Waals surface area contributed by atoms with Gasteiger partial charge in [0.05, 0.1) is 18.3 Å². The number of aryl methyl sites for hydroxylation is 1. The Balaban J connectivity index is 1.93. The summed E-state index contributed by atoms with van der Waals surface area (Å²) >= 11 is 0. The molecule has 6 nitrogen and oxygen atoms in total. The van der Waals surface area contributed by atoms with Crippen molar-refractivity contribution in [3.05, 3.63) is 41.7 Å². The lowest BCUT2D eigenvalue weighted by molar-refractivity contribution is 0.0949. The number of hydrogen-bond acceptors (Lipinski definition) is 4. The Bertz CT molecular complexity index is 537. The van der Waals surface area contributed by atoms with Crippen molar-refractivity contribution in [2.45, 2.75) is 13.5 Å². The molecule has 0 unspecified atom stereocenters. The number of rotatable bonds is 4. The number of phenols is 1. The zero-order chi connectivity index (χ0) is 13.0. The van der Waals surface area contributed by atoms with Crippen LogP contribution in [-0.2, 0) is 6.54 Å². The monoisotopic (exact) mass is 246 g/mol. The van der Waals surface area contributed by atoms with Crippen LogP contribution in [-0.4, -0.2) is 32.6 Å². The Morgan fingerprint density at radius 2 is 2.33 bits per heavy atom. The molecule has 2 rings (SSSR count). The second-order valence-electron chi connectivity index (χ2n) is 3.94. The number of benzene rings is 1. The minimum atomic E-state index is -0.295. The highest BCUT2D eigenvalue weighted by atomic mass is 16.3. The van der Waals surface area contributed by atoms with E-state index >= 15 is 0 Å². The molecule has 0 radical (unpaired) electrons. The van der Waals surface area contributed by atoms with E-state index in [1.165, 1.54) is 6.07 Å². The summed E-state index contributed by atoms with van der Waals surface area (Å²) in [4.78, 5) is 11.8. The van der Waals surface area contributed by atoms with Crippen LogP contribution in [0.25, 0.3) is 0 Å². The van der Waals surface area contributed by atoms with Crippen molar-refractivity contribution in [1.29, 1.82) is 0 Å². The number of aromatic nitrogens is 3. The summed E-state index contributed by atoms with van der Waals surface area (Å²) in [6.45, 7) is 2.83. The van der Waals surface area contributed by atoms with E-state index in [0.717, 1.165) is 5.56 Å². The van der Waals surface area contributed by atoms with Crippen LogP contribution in [0.4, 0.5) is 0 Å². The van der Waals surface area contributed by atoms with Gasteiger partial charge in [-0.25, -0.2) is 0 Å². The molecule has 2 aromatic rings. The van der Waals surface area contributed by atoms with Gasteiger partial charge in [0, 0.05) is 12.7 Å². The lowest BCUT2D eigenvalue weighted by Gasteiger charge is -2.07. The van der Waals surface area contributed by atoms with Crippen molar-refractivity contribution < 1.29 is 9.90 Å². The van der Waals surface area contributed by atoms with Crippen LogP contribution < -0.4 is 5.32 Å². The number of nitrogens with zero attached hydrogens (tertiary/aromatic N) is 3. The number of aromatic hydroxyl groups is 1. The van der Waals surface area contributed by atoms with E-state index in [-0.39, 0.29) is 17.2 Å². The standard InChI is InChI=1S/C12H14N4O2/c1-9-2-3-11(17)10(8-9)12(18)13-4-6-16-7-5-14-15-16/h2-3,5,7-8,17H,4,6H2,1H3,(H,13,18). The molecule has 0 fully saturated rings. The van der Waals surface area contributed by atoms with Crippen LogP contribution in [0.5, 0.6) is 5.75 Å². The first-order valence-electron chi connectivity index (χ1n) is 5.59. The Morgan fingerprint density at radius 3 is 3.06 bits per heavy atom. The number of carbonyl (C=O) groups excluding carboxylic acids is 1. The fourth-order valence-corrected chi connectivity index (χ4v) is 1.56. The van der Waals surface area contributed by atoms with Gasteiger partial charge in [-0.1, -0.05) is 16.8 Å². The van der Waals surface area contributed by atoms with E-state index in [9.17, 15) is 9.90 Å². The summed E-state index contributed by atoms with van der Waals surface area (Å²) in [5.74, 6) is -0.310. The van der Waals surface area contributed by atoms with Gasteiger partial charge in [0.15, 0.2) is 0 Å². The van der Waals surface area contributed by atoms with Gasteiger partial charge in [0.2, 0.25) is 0 Å². The molecule has 1 aromatic heterocycles. The van der Waals surface area contributed by atoms with Crippen molar-refractivity contribution in [3.63, 3.8) is 0 Å². The quantitative estimate of drug-likeness (QED) is 0.833. The van der Waals surface area contributed by atoms with E-state index in [4.69, 9.17) is 0 Å². The predicted octanol–water partition coefficient (Wildman–Crippen LogP) is 0.722.